The van der Waals surface area contributed by atoms with Crippen LogP contribution in [0.5, 0.6) is 5.75 Å². The summed E-state index contributed by atoms with van der Waals surface area (Å²) in [6.07, 6.45) is 4.37. The van der Waals surface area contributed by atoms with E-state index in [2.05, 4.69) is 10.3 Å². The molecule has 4 nitrogen and oxygen atoms in total. The van der Waals surface area contributed by atoms with E-state index in [-0.39, 0.29) is 35.9 Å². The van der Waals surface area contributed by atoms with Crippen LogP contribution < -0.4 is 10.1 Å². The van der Waals surface area contributed by atoms with Gasteiger partial charge in [0.05, 0.1) is 6.61 Å². The fourth-order valence-electron chi connectivity index (χ4n) is 4.27. The van der Waals surface area contributed by atoms with Gasteiger partial charge in [0.2, 0.25) is 0 Å². The molecule has 3 aromatic rings. The van der Waals surface area contributed by atoms with E-state index >= 15 is 0 Å². The summed E-state index contributed by atoms with van der Waals surface area (Å²) in [6.45, 7) is 5.34. The molecule has 0 radical (unpaired) electrons. The fourth-order valence-corrected chi connectivity index (χ4v) is 4.27. The number of hydrogen-bond acceptors (Lipinski definition) is 4. The molecule has 0 atom stereocenters. The van der Waals surface area contributed by atoms with E-state index in [1.165, 1.54) is 18.2 Å². The lowest BCUT2D eigenvalue weighted by Gasteiger charge is -2.36. The number of hydrogen-bond donors (Lipinski definition) is 2. The topological polar surface area (TPSA) is 54.4 Å². The van der Waals surface area contributed by atoms with Crippen LogP contribution >= 0.6 is 0 Å². The molecule has 32 heavy (non-hydrogen) atoms. The summed E-state index contributed by atoms with van der Waals surface area (Å²) >= 11 is 0. The second-order valence-electron chi connectivity index (χ2n) is 9.38. The Morgan fingerprint density at radius 2 is 1.75 bits per heavy atom. The zero-order chi connectivity index (χ0) is 23.0. The van der Waals surface area contributed by atoms with Crippen molar-refractivity contribution in [3.05, 3.63) is 70.8 Å². The first-order valence-electron chi connectivity index (χ1n) is 10.7. The molecule has 0 unspecified atom stereocenters. The van der Waals surface area contributed by atoms with Crippen LogP contribution in [-0.4, -0.2) is 22.2 Å². The Kier molecular flexibility index (Phi) is 6.14. The number of rotatable bonds is 6. The Balaban J connectivity index is 1.38. The summed E-state index contributed by atoms with van der Waals surface area (Å²) in [4.78, 5) is 4.07. The Bertz CT molecular complexity index is 1110. The first kappa shape index (κ1) is 22.6. The number of fused-ring (bicyclic) bond motifs is 1. The standard InChI is InChI=1S/C25H27F3N2O2/c1-25(2,3)24-22(27)9-17(10-23(24)28)32-16-7-15(8-16)30-12-20-18-4-5-29-11-19(18)14(13-31)6-21(20)26/h4-6,9-11,15-16,30-31H,7-8,12-13H2,1-3H3. The SMILES string of the molecule is CC(C)(C)c1c(F)cc(OC2CC(NCc3c(F)cc(CO)c4cnccc34)C2)cc1F. The zero-order valence-electron chi connectivity index (χ0n) is 18.4. The molecule has 0 aliphatic heterocycles. The number of aliphatic hydroxyl groups is 1. The van der Waals surface area contributed by atoms with Crippen molar-refractivity contribution in [3.63, 3.8) is 0 Å². The molecule has 4 rings (SSSR count). The molecule has 0 spiro atoms. The third kappa shape index (κ3) is 4.45. The van der Waals surface area contributed by atoms with Crippen molar-refractivity contribution in [2.45, 2.75) is 64.3 Å². The highest BCUT2D eigenvalue weighted by atomic mass is 19.1. The molecule has 1 aliphatic rings. The third-order valence-electron chi connectivity index (χ3n) is 5.98. The highest BCUT2D eigenvalue weighted by Gasteiger charge is 2.32. The number of halogens is 3. The normalized spacial score (nSPS) is 18.6. The van der Waals surface area contributed by atoms with Crippen molar-refractivity contribution in [1.29, 1.82) is 0 Å². The molecule has 7 heteroatoms. The smallest absolute Gasteiger partial charge is 0.133 e. The van der Waals surface area contributed by atoms with Gasteiger partial charge in [-0.3, -0.25) is 4.98 Å². The minimum atomic E-state index is -0.636. The van der Waals surface area contributed by atoms with Crippen molar-refractivity contribution >= 4 is 10.8 Å². The average molecular weight is 444 g/mol. The van der Waals surface area contributed by atoms with Gasteiger partial charge in [-0.25, -0.2) is 13.2 Å². The maximum atomic E-state index is 14.6. The van der Waals surface area contributed by atoms with Gasteiger partial charge in [0.25, 0.3) is 0 Å². The predicted octanol–water partition coefficient (Wildman–Crippen LogP) is 5.14. The van der Waals surface area contributed by atoms with Crippen molar-refractivity contribution in [3.8, 4) is 5.75 Å². The maximum absolute atomic E-state index is 14.6. The molecule has 1 fully saturated rings. The van der Waals surface area contributed by atoms with Gasteiger partial charge in [0.1, 0.15) is 29.3 Å². The zero-order valence-corrected chi connectivity index (χ0v) is 18.4. The summed E-state index contributed by atoms with van der Waals surface area (Å²) < 4.78 is 49.2. The second kappa shape index (κ2) is 8.71. The molecule has 1 aliphatic carbocycles. The Morgan fingerprint density at radius 1 is 1.06 bits per heavy atom. The van der Waals surface area contributed by atoms with E-state index in [0.29, 0.717) is 35.9 Å². The lowest BCUT2D eigenvalue weighted by Crippen LogP contribution is -2.46. The van der Waals surface area contributed by atoms with Gasteiger partial charge in [-0.1, -0.05) is 20.8 Å². The number of aromatic nitrogens is 1. The van der Waals surface area contributed by atoms with Crippen molar-refractivity contribution in [1.82, 2.24) is 10.3 Å². The van der Waals surface area contributed by atoms with Gasteiger partial charge >= 0.3 is 0 Å². The van der Waals surface area contributed by atoms with Crippen LogP contribution in [0.25, 0.3) is 10.8 Å². The van der Waals surface area contributed by atoms with Crippen molar-refractivity contribution in [2.24, 2.45) is 0 Å². The second-order valence-corrected chi connectivity index (χ2v) is 9.38. The van der Waals surface area contributed by atoms with E-state index in [4.69, 9.17) is 4.74 Å². The molecule has 2 N–H and O–H groups in total. The van der Waals surface area contributed by atoms with E-state index in [1.807, 2.05) is 0 Å². The minimum absolute atomic E-state index is 0.0506. The summed E-state index contributed by atoms with van der Waals surface area (Å²) in [5.41, 5.74) is 0.437. The van der Waals surface area contributed by atoms with E-state index < -0.39 is 17.0 Å². The number of nitrogens with zero attached hydrogens (tertiary/aromatic N) is 1. The number of nitrogens with one attached hydrogen (secondary N) is 1. The minimum Gasteiger partial charge on any atom is -0.490 e. The number of ether oxygens (including phenoxy) is 1. The summed E-state index contributed by atoms with van der Waals surface area (Å²) in [6, 6.07) is 5.67. The molecule has 1 heterocycles. The van der Waals surface area contributed by atoms with Crippen LogP contribution in [0.3, 0.4) is 0 Å². The first-order chi connectivity index (χ1) is 15.2. The molecule has 1 aromatic heterocycles. The van der Waals surface area contributed by atoms with E-state index in [1.54, 1.807) is 39.2 Å². The monoisotopic (exact) mass is 444 g/mol. The molecular formula is C25H27F3N2O2. The van der Waals surface area contributed by atoms with Crippen LogP contribution in [0.4, 0.5) is 13.2 Å². The molecule has 0 bridgehead atoms. The summed E-state index contributed by atoms with van der Waals surface area (Å²) in [7, 11) is 0. The largest absolute Gasteiger partial charge is 0.490 e. The molecule has 0 amide bonds. The van der Waals surface area contributed by atoms with Crippen LogP contribution in [-0.2, 0) is 18.6 Å². The van der Waals surface area contributed by atoms with Gasteiger partial charge in [-0.05, 0) is 41.3 Å². The van der Waals surface area contributed by atoms with Gasteiger partial charge in [-0.2, -0.15) is 0 Å². The summed E-state index contributed by atoms with van der Waals surface area (Å²) in [5, 5.41) is 14.3. The number of pyridine rings is 1. The summed E-state index contributed by atoms with van der Waals surface area (Å²) in [5.74, 6) is -1.41. The van der Waals surface area contributed by atoms with E-state index in [0.717, 1.165) is 5.39 Å². The van der Waals surface area contributed by atoms with Gasteiger partial charge < -0.3 is 15.2 Å². The third-order valence-corrected chi connectivity index (χ3v) is 5.98. The molecule has 0 saturated heterocycles. The molecular weight excluding hydrogens is 417 g/mol. The first-order valence-corrected chi connectivity index (χ1v) is 10.7. The molecule has 1 saturated carbocycles. The number of aliphatic hydroxyl groups excluding tert-OH is 1. The van der Waals surface area contributed by atoms with Crippen LogP contribution in [0, 0.1) is 17.5 Å². The molecule has 2 aromatic carbocycles. The van der Waals surface area contributed by atoms with Crippen molar-refractivity contribution < 1.29 is 23.0 Å². The Labute approximate surface area is 185 Å². The van der Waals surface area contributed by atoms with Crippen LogP contribution in [0.15, 0.2) is 36.7 Å². The quantitative estimate of drug-likeness (QED) is 0.553. The predicted molar refractivity (Wildman–Crippen MR) is 117 cm³/mol. The van der Waals surface area contributed by atoms with E-state index in [9.17, 15) is 18.3 Å². The maximum Gasteiger partial charge on any atom is 0.133 e. The lowest BCUT2D eigenvalue weighted by molar-refractivity contribution is 0.0835. The van der Waals surface area contributed by atoms with Crippen molar-refractivity contribution in [2.75, 3.05) is 0 Å². The molecule has 170 valence electrons. The highest BCUT2D eigenvalue weighted by Crippen LogP contribution is 2.33. The van der Waals surface area contributed by atoms with Crippen LogP contribution in [0.1, 0.15) is 50.3 Å². The average Bonchev–Trinajstić information content (AvgIpc) is 2.68. The lowest BCUT2D eigenvalue weighted by atomic mass is 9.86. The van der Waals surface area contributed by atoms with Gasteiger partial charge in [0, 0.05) is 53.6 Å². The fraction of sp³-hybridized carbons (Fsp3) is 0.400. The van der Waals surface area contributed by atoms with Gasteiger partial charge in [-0.15, -0.1) is 0 Å². The Morgan fingerprint density at radius 3 is 2.38 bits per heavy atom. The Hall–Kier alpha value is -2.64. The van der Waals surface area contributed by atoms with Crippen LogP contribution in [0.2, 0.25) is 0 Å². The highest BCUT2D eigenvalue weighted by molar-refractivity contribution is 5.88. The number of benzene rings is 2. The van der Waals surface area contributed by atoms with Gasteiger partial charge in [0.15, 0.2) is 0 Å².